The van der Waals surface area contributed by atoms with Crippen LogP contribution in [0.5, 0.6) is 0 Å². The Labute approximate surface area is 166 Å². The maximum Gasteiger partial charge on any atom is 0.321 e. The molecule has 0 saturated carbocycles. The second kappa shape index (κ2) is 7.91. The molecule has 2 amide bonds. The molecule has 1 aromatic heterocycles. The van der Waals surface area contributed by atoms with Crippen LogP contribution in [0.2, 0.25) is 0 Å². The number of anilines is 1. The molecule has 0 spiro atoms. The summed E-state index contributed by atoms with van der Waals surface area (Å²) in [5, 5.41) is 2.86. The Morgan fingerprint density at radius 2 is 1.71 bits per heavy atom. The molecule has 1 aliphatic rings. The molecule has 28 heavy (non-hydrogen) atoms. The van der Waals surface area contributed by atoms with Gasteiger partial charge in [-0.05, 0) is 63.3 Å². The monoisotopic (exact) mass is 401 g/mol. The first kappa shape index (κ1) is 20.3. The molecule has 2 aromatic rings. The highest BCUT2D eigenvalue weighted by molar-refractivity contribution is 7.92. The van der Waals surface area contributed by atoms with E-state index in [0.717, 1.165) is 5.56 Å². The average molecular weight is 402 g/mol. The third kappa shape index (κ3) is 3.90. The van der Waals surface area contributed by atoms with E-state index in [-0.39, 0.29) is 11.9 Å². The first-order valence-corrected chi connectivity index (χ1v) is 11.0. The Morgan fingerprint density at radius 1 is 1.11 bits per heavy atom. The van der Waals surface area contributed by atoms with Gasteiger partial charge in [-0.25, -0.2) is 13.2 Å². The first-order chi connectivity index (χ1) is 13.2. The number of nitrogens with zero attached hydrogens (tertiary/aromatic N) is 2. The van der Waals surface area contributed by atoms with Gasteiger partial charge in [-0.3, -0.25) is 4.98 Å². The number of piperidine rings is 1. The van der Waals surface area contributed by atoms with E-state index in [0.29, 0.717) is 36.5 Å². The Kier molecular flexibility index (Phi) is 5.74. The predicted octanol–water partition coefficient (Wildman–Crippen LogP) is 3.89. The van der Waals surface area contributed by atoms with Gasteiger partial charge in [-0.1, -0.05) is 18.2 Å². The molecular weight excluding hydrogens is 374 g/mol. The van der Waals surface area contributed by atoms with Crippen molar-refractivity contribution >= 4 is 21.6 Å². The fourth-order valence-electron chi connectivity index (χ4n) is 3.78. The number of likely N-dealkylation sites (tertiary alicyclic amines) is 1. The molecule has 3 rings (SSSR count). The average Bonchev–Trinajstić information content (AvgIpc) is 2.69. The number of carbonyl (C=O) groups is 1. The van der Waals surface area contributed by atoms with Crippen LogP contribution in [0.15, 0.2) is 53.7 Å². The minimum atomic E-state index is -3.48. The van der Waals surface area contributed by atoms with E-state index < -0.39 is 14.6 Å². The molecule has 1 N–H and O–H groups in total. The highest BCUT2D eigenvalue weighted by Gasteiger charge is 2.44. The second-order valence-electron chi connectivity index (χ2n) is 7.80. The zero-order chi connectivity index (χ0) is 20.4. The summed E-state index contributed by atoms with van der Waals surface area (Å²) in [7, 11) is -3.48. The van der Waals surface area contributed by atoms with Crippen molar-refractivity contribution in [2.75, 3.05) is 18.4 Å². The Bertz CT molecular complexity index is 934. The number of hydrogen-bond donors (Lipinski definition) is 1. The van der Waals surface area contributed by atoms with E-state index >= 15 is 0 Å². The van der Waals surface area contributed by atoms with Gasteiger partial charge in [-0.15, -0.1) is 0 Å². The van der Waals surface area contributed by atoms with Gasteiger partial charge in [0.15, 0.2) is 9.84 Å². The van der Waals surface area contributed by atoms with E-state index in [1.807, 2.05) is 32.9 Å². The van der Waals surface area contributed by atoms with Crippen molar-refractivity contribution in [2.24, 2.45) is 5.92 Å². The number of hydrogen-bond acceptors (Lipinski definition) is 4. The van der Waals surface area contributed by atoms with Gasteiger partial charge in [-0.2, -0.15) is 0 Å². The zero-order valence-corrected chi connectivity index (χ0v) is 17.4. The number of sulfone groups is 1. The minimum Gasteiger partial charge on any atom is -0.325 e. The number of pyridine rings is 1. The molecule has 0 radical (unpaired) electrons. The van der Waals surface area contributed by atoms with Crippen LogP contribution in [0.4, 0.5) is 10.5 Å². The SMILES string of the molecule is Cc1ccccc1S(=O)(=O)C(C)(C)C1CCN(C(=O)Nc2ccncc2)CC1. The maximum atomic E-state index is 13.3. The number of aryl methyl sites for hydroxylation is 1. The lowest BCUT2D eigenvalue weighted by atomic mass is 9.86. The topological polar surface area (TPSA) is 79.4 Å². The van der Waals surface area contributed by atoms with E-state index in [2.05, 4.69) is 10.3 Å². The van der Waals surface area contributed by atoms with Crippen LogP contribution in [0.25, 0.3) is 0 Å². The molecule has 1 fully saturated rings. The molecule has 6 nitrogen and oxygen atoms in total. The number of benzene rings is 1. The highest BCUT2D eigenvalue weighted by Crippen LogP contribution is 2.38. The minimum absolute atomic E-state index is 0.0120. The van der Waals surface area contributed by atoms with E-state index in [4.69, 9.17) is 0 Å². The molecule has 1 aliphatic heterocycles. The first-order valence-electron chi connectivity index (χ1n) is 9.49. The molecule has 150 valence electrons. The summed E-state index contributed by atoms with van der Waals surface area (Å²) in [4.78, 5) is 18.5. The fourth-order valence-corrected chi connectivity index (χ4v) is 5.77. The van der Waals surface area contributed by atoms with Crippen LogP contribution in [0, 0.1) is 12.8 Å². The van der Waals surface area contributed by atoms with Crippen molar-refractivity contribution in [2.45, 2.75) is 43.3 Å². The van der Waals surface area contributed by atoms with Crippen LogP contribution in [-0.4, -0.2) is 42.2 Å². The molecular formula is C21H27N3O3S. The van der Waals surface area contributed by atoms with Gasteiger partial charge in [0.1, 0.15) is 0 Å². The van der Waals surface area contributed by atoms with Gasteiger partial charge in [0.25, 0.3) is 0 Å². The van der Waals surface area contributed by atoms with Crippen molar-refractivity contribution in [3.8, 4) is 0 Å². The summed E-state index contributed by atoms with van der Waals surface area (Å²) < 4.78 is 25.8. The molecule has 0 unspecified atom stereocenters. The lowest BCUT2D eigenvalue weighted by molar-refractivity contribution is 0.171. The van der Waals surface area contributed by atoms with Crippen molar-refractivity contribution in [1.82, 2.24) is 9.88 Å². The Morgan fingerprint density at radius 3 is 2.32 bits per heavy atom. The number of carbonyl (C=O) groups excluding carboxylic acids is 1. The number of aromatic nitrogens is 1. The van der Waals surface area contributed by atoms with Crippen LogP contribution in [0.3, 0.4) is 0 Å². The summed E-state index contributed by atoms with van der Waals surface area (Å²) in [6.07, 6.45) is 4.56. The second-order valence-corrected chi connectivity index (χ2v) is 10.3. The summed E-state index contributed by atoms with van der Waals surface area (Å²) in [5.74, 6) is -0.0120. The quantitative estimate of drug-likeness (QED) is 0.843. The van der Waals surface area contributed by atoms with Gasteiger partial charge in [0.05, 0.1) is 9.64 Å². The van der Waals surface area contributed by atoms with Crippen LogP contribution in [0.1, 0.15) is 32.3 Å². The number of rotatable bonds is 4. The normalized spacial score (nSPS) is 16.0. The summed E-state index contributed by atoms with van der Waals surface area (Å²) >= 11 is 0. The van der Waals surface area contributed by atoms with E-state index in [1.54, 1.807) is 41.6 Å². The summed E-state index contributed by atoms with van der Waals surface area (Å²) in [6, 6.07) is 10.4. The predicted molar refractivity (Wildman–Crippen MR) is 110 cm³/mol. The smallest absolute Gasteiger partial charge is 0.321 e. The van der Waals surface area contributed by atoms with Crippen molar-refractivity contribution < 1.29 is 13.2 Å². The van der Waals surface area contributed by atoms with Crippen LogP contribution in [-0.2, 0) is 9.84 Å². The molecule has 0 aliphatic carbocycles. The van der Waals surface area contributed by atoms with Crippen LogP contribution >= 0.6 is 0 Å². The number of amides is 2. The lowest BCUT2D eigenvalue weighted by Crippen LogP contribution is -2.48. The Hall–Kier alpha value is -2.41. The van der Waals surface area contributed by atoms with Gasteiger partial charge >= 0.3 is 6.03 Å². The summed E-state index contributed by atoms with van der Waals surface area (Å²) in [5.41, 5.74) is 1.47. The molecule has 0 atom stereocenters. The molecule has 2 heterocycles. The standard InChI is InChI=1S/C21H27N3O3S/c1-16-6-4-5-7-19(16)28(26,27)21(2,3)17-10-14-24(15-11-17)20(25)23-18-8-12-22-13-9-18/h4-9,12-13,17H,10-11,14-15H2,1-3H3,(H,22,23,25). The summed E-state index contributed by atoms with van der Waals surface area (Å²) in [6.45, 7) is 6.52. The van der Waals surface area contributed by atoms with Crippen LogP contribution < -0.4 is 5.32 Å². The molecule has 1 aromatic carbocycles. The largest absolute Gasteiger partial charge is 0.325 e. The number of urea groups is 1. The Balaban J connectivity index is 1.68. The maximum absolute atomic E-state index is 13.3. The van der Waals surface area contributed by atoms with Gasteiger partial charge < -0.3 is 10.2 Å². The zero-order valence-electron chi connectivity index (χ0n) is 16.6. The van der Waals surface area contributed by atoms with Crippen molar-refractivity contribution in [3.05, 3.63) is 54.4 Å². The number of nitrogens with one attached hydrogen (secondary N) is 1. The third-order valence-corrected chi connectivity index (χ3v) is 8.53. The van der Waals surface area contributed by atoms with Crippen molar-refractivity contribution in [1.29, 1.82) is 0 Å². The van der Waals surface area contributed by atoms with Gasteiger partial charge in [0, 0.05) is 31.2 Å². The molecule has 0 bridgehead atoms. The van der Waals surface area contributed by atoms with E-state index in [9.17, 15) is 13.2 Å². The fraction of sp³-hybridized carbons (Fsp3) is 0.429. The lowest BCUT2D eigenvalue weighted by Gasteiger charge is -2.40. The van der Waals surface area contributed by atoms with Gasteiger partial charge in [0.2, 0.25) is 0 Å². The van der Waals surface area contributed by atoms with E-state index in [1.165, 1.54) is 0 Å². The third-order valence-electron chi connectivity index (χ3n) is 5.77. The molecule has 7 heteroatoms. The molecule has 1 saturated heterocycles. The highest BCUT2D eigenvalue weighted by atomic mass is 32.2. The van der Waals surface area contributed by atoms with Crippen molar-refractivity contribution in [3.63, 3.8) is 0 Å².